The van der Waals surface area contributed by atoms with E-state index in [4.69, 9.17) is 28.4 Å². The van der Waals surface area contributed by atoms with Gasteiger partial charge >= 0.3 is 29.8 Å². The van der Waals surface area contributed by atoms with Crippen molar-refractivity contribution in [2.45, 2.75) is 71.2 Å². The molecule has 0 amide bonds. The molecule has 0 saturated carbocycles. The lowest BCUT2D eigenvalue weighted by Gasteiger charge is -2.48. The quantitative estimate of drug-likeness (QED) is 0.381. The number of hydrogen-bond donors (Lipinski definition) is 1. The molecule has 1 aliphatic heterocycles. The van der Waals surface area contributed by atoms with Gasteiger partial charge in [-0.25, -0.2) is 0 Å². The molecule has 1 rings (SSSR count). The Bertz CT molecular complexity index is 674. The molecule has 0 radical (unpaired) electrons. The van der Waals surface area contributed by atoms with Gasteiger partial charge in [-0.05, 0) is 6.92 Å². The second-order valence-electron chi connectivity index (χ2n) is 6.46. The van der Waals surface area contributed by atoms with Crippen molar-refractivity contribution < 1.29 is 57.5 Å². The van der Waals surface area contributed by atoms with Crippen LogP contribution in [0.1, 0.15) is 41.0 Å². The summed E-state index contributed by atoms with van der Waals surface area (Å²) >= 11 is 0. The zero-order valence-electron chi connectivity index (χ0n) is 17.4. The molecule has 1 saturated heterocycles. The number of hydrogen-bond acceptors (Lipinski definition) is 12. The lowest BCUT2D eigenvalue weighted by molar-refractivity contribution is -0.351. The van der Waals surface area contributed by atoms with E-state index in [9.17, 15) is 29.1 Å². The van der Waals surface area contributed by atoms with Crippen LogP contribution < -0.4 is 0 Å². The van der Waals surface area contributed by atoms with Gasteiger partial charge in [0.2, 0.25) is 5.79 Å². The van der Waals surface area contributed by atoms with Crippen molar-refractivity contribution in [1.82, 2.24) is 0 Å². The van der Waals surface area contributed by atoms with Crippen LogP contribution in [-0.4, -0.2) is 78.4 Å². The Kier molecular flexibility index (Phi) is 9.18. The van der Waals surface area contributed by atoms with E-state index in [2.05, 4.69) is 0 Å². The zero-order valence-corrected chi connectivity index (χ0v) is 17.4. The first-order valence-electron chi connectivity index (χ1n) is 9.10. The normalized spacial score (nSPS) is 28.1. The second kappa shape index (κ2) is 10.9. The summed E-state index contributed by atoms with van der Waals surface area (Å²) in [5, 5.41) is 11.1. The number of aliphatic hydroxyl groups is 1. The summed E-state index contributed by atoms with van der Waals surface area (Å²) in [5.74, 6) is -6.73. The fourth-order valence-corrected chi connectivity index (χ4v) is 2.92. The highest BCUT2D eigenvalue weighted by atomic mass is 16.7. The van der Waals surface area contributed by atoms with Crippen LogP contribution in [0.3, 0.4) is 0 Å². The molecule has 30 heavy (non-hydrogen) atoms. The summed E-state index contributed by atoms with van der Waals surface area (Å²) in [7, 11) is 0. The smallest absolute Gasteiger partial charge is 0.311 e. The lowest BCUT2D eigenvalue weighted by Crippen LogP contribution is -2.68. The van der Waals surface area contributed by atoms with Gasteiger partial charge in [0.25, 0.3) is 0 Å². The molecular formula is C18H26O12. The Labute approximate surface area is 172 Å². The largest absolute Gasteiger partial charge is 0.466 e. The molecule has 0 aromatic rings. The Morgan fingerprint density at radius 3 is 1.83 bits per heavy atom. The van der Waals surface area contributed by atoms with Crippen LogP contribution in [0.4, 0.5) is 0 Å². The first kappa shape index (κ1) is 25.3. The topological polar surface area (TPSA) is 161 Å². The van der Waals surface area contributed by atoms with E-state index in [1.165, 1.54) is 6.92 Å². The maximum Gasteiger partial charge on any atom is 0.311 e. The minimum atomic E-state index is -2.54. The molecule has 0 aliphatic carbocycles. The molecular weight excluding hydrogens is 408 g/mol. The molecule has 12 heteroatoms. The first-order chi connectivity index (χ1) is 13.9. The predicted octanol–water partition coefficient (Wildman–Crippen LogP) is -0.615. The van der Waals surface area contributed by atoms with Gasteiger partial charge in [-0.15, -0.1) is 0 Å². The molecule has 1 N–H and O–H groups in total. The molecule has 0 bridgehead atoms. The SMILES string of the molecule is CCOC(=O)C[C@]1(O)O[C@H](COC(C)=O)[C@@H](OC(C)=O)[C@H](OC(C)=O)[C@H]1OC(C)=O. The van der Waals surface area contributed by atoms with Crippen LogP contribution in [0, 0.1) is 0 Å². The monoisotopic (exact) mass is 434 g/mol. The van der Waals surface area contributed by atoms with E-state index in [0.29, 0.717) is 0 Å². The van der Waals surface area contributed by atoms with Crippen LogP contribution in [0.25, 0.3) is 0 Å². The maximum absolute atomic E-state index is 12.0. The van der Waals surface area contributed by atoms with Crippen LogP contribution in [0.2, 0.25) is 0 Å². The van der Waals surface area contributed by atoms with Crippen molar-refractivity contribution in [2.24, 2.45) is 0 Å². The summed E-state index contributed by atoms with van der Waals surface area (Å²) < 4.78 is 30.6. The van der Waals surface area contributed by atoms with Gasteiger partial charge in [0, 0.05) is 27.7 Å². The molecule has 0 aromatic heterocycles. The van der Waals surface area contributed by atoms with Gasteiger partial charge in [-0.3, -0.25) is 24.0 Å². The van der Waals surface area contributed by atoms with E-state index in [1.807, 2.05) is 0 Å². The van der Waals surface area contributed by atoms with Gasteiger partial charge in [0.15, 0.2) is 18.3 Å². The number of ether oxygens (including phenoxy) is 6. The van der Waals surface area contributed by atoms with Crippen molar-refractivity contribution >= 4 is 29.8 Å². The van der Waals surface area contributed by atoms with Crippen molar-refractivity contribution in [2.75, 3.05) is 13.2 Å². The maximum atomic E-state index is 12.0. The Morgan fingerprint density at radius 1 is 0.833 bits per heavy atom. The lowest BCUT2D eigenvalue weighted by atomic mass is 9.90. The van der Waals surface area contributed by atoms with Crippen molar-refractivity contribution in [1.29, 1.82) is 0 Å². The molecule has 1 heterocycles. The third kappa shape index (κ3) is 7.26. The molecule has 0 unspecified atom stereocenters. The fourth-order valence-electron chi connectivity index (χ4n) is 2.92. The van der Waals surface area contributed by atoms with Crippen molar-refractivity contribution in [3.05, 3.63) is 0 Å². The van der Waals surface area contributed by atoms with E-state index in [0.717, 1.165) is 27.7 Å². The van der Waals surface area contributed by atoms with Crippen LogP contribution in [0.15, 0.2) is 0 Å². The third-order valence-electron chi connectivity index (χ3n) is 3.84. The Morgan fingerprint density at radius 2 is 1.37 bits per heavy atom. The minimum absolute atomic E-state index is 0.00648. The highest BCUT2D eigenvalue weighted by molar-refractivity contribution is 5.71. The van der Waals surface area contributed by atoms with Gasteiger partial charge in [0.1, 0.15) is 19.1 Å². The second-order valence-corrected chi connectivity index (χ2v) is 6.46. The number of carbonyl (C=O) groups excluding carboxylic acids is 5. The molecule has 12 nitrogen and oxygen atoms in total. The summed E-state index contributed by atoms with van der Waals surface area (Å²) in [5.41, 5.74) is 0. The van der Waals surface area contributed by atoms with Gasteiger partial charge < -0.3 is 33.5 Å². The average Bonchev–Trinajstić information content (AvgIpc) is 2.58. The third-order valence-corrected chi connectivity index (χ3v) is 3.84. The van der Waals surface area contributed by atoms with Crippen molar-refractivity contribution in [3.63, 3.8) is 0 Å². The standard InChI is InChI=1S/C18H26O12/c1-6-25-14(23)7-18(24)17(29-12(5)22)16(28-11(4)21)15(27-10(3)20)13(30-18)8-26-9(2)19/h13,15-17,24H,6-8H2,1-5H3/t13-,15-,16+,17-,18+/m1/s1. The number of esters is 5. The van der Waals surface area contributed by atoms with Crippen molar-refractivity contribution in [3.8, 4) is 0 Å². The Balaban J connectivity index is 3.44. The molecule has 170 valence electrons. The predicted molar refractivity (Wildman–Crippen MR) is 94.4 cm³/mol. The van der Waals surface area contributed by atoms with E-state index in [-0.39, 0.29) is 6.61 Å². The van der Waals surface area contributed by atoms with Crippen LogP contribution in [-0.2, 0) is 52.4 Å². The molecule has 0 aromatic carbocycles. The van der Waals surface area contributed by atoms with Gasteiger partial charge in [0.05, 0.1) is 6.61 Å². The van der Waals surface area contributed by atoms with Gasteiger partial charge in [-0.2, -0.15) is 0 Å². The van der Waals surface area contributed by atoms with E-state index >= 15 is 0 Å². The molecule has 0 spiro atoms. The summed E-state index contributed by atoms with van der Waals surface area (Å²) in [6, 6.07) is 0. The number of carbonyl (C=O) groups is 5. The highest BCUT2D eigenvalue weighted by Gasteiger charge is 2.60. The van der Waals surface area contributed by atoms with E-state index < -0.39 is 73.1 Å². The zero-order chi connectivity index (χ0) is 23.1. The first-order valence-corrected chi connectivity index (χ1v) is 9.10. The summed E-state index contributed by atoms with van der Waals surface area (Å²) in [6.07, 6.45) is -6.96. The fraction of sp³-hybridized carbons (Fsp3) is 0.722. The summed E-state index contributed by atoms with van der Waals surface area (Å²) in [6.45, 7) is 5.23. The Hall–Kier alpha value is -2.73. The molecule has 1 aliphatic rings. The van der Waals surface area contributed by atoms with Crippen LogP contribution in [0.5, 0.6) is 0 Å². The van der Waals surface area contributed by atoms with E-state index in [1.54, 1.807) is 0 Å². The summed E-state index contributed by atoms with van der Waals surface area (Å²) in [4.78, 5) is 58.2. The van der Waals surface area contributed by atoms with Gasteiger partial charge in [-0.1, -0.05) is 0 Å². The molecule has 1 fully saturated rings. The minimum Gasteiger partial charge on any atom is -0.466 e. The van der Waals surface area contributed by atoms with Crippen LogP contribution >= 0.6 is 0 Å². The molecule has 5 atom stereocenters. The highest BCUT2D eigenvalue weighted by Crippen LogP contribution is 2.36. The number of rotatable bonds is 8. The average molecular weight is 434 g/mol.